The fraction of sp³-hybridized carbons (Fsp3) is 0.294. The number of rotatable bonds is 5. The molecule has 0 amide bonds. The van der Waals surface area contributed by atoms with E-state index in [9.17, 15) is 0 Å². The van der Waals surface area contributed by atoms with Gasteiger partial charge in [0.1, 0.15) is 0 Å². The Bertz CT molecular complexity index is 534. The summed E-state index contributed by atoms with van der Waals surface area (Å²) in [5.41, 5.74) is 4.95. The van der Waals surface area contributed by atoms with Gasteiger partial charge in [-0.25, -0.2) is 9.97 Å². The maximum atomic E-state index is 4.71. The Morgan fingerprint density at radius 3 is 2.37 bits per heavy atom. The Kier molecular flexibility index (Phi) is 5.94. The van der Waals surface area contributed by atoms with E-state index >= 15 is 0 Å². The molecule has 0 radical (unpaired) electrons. The number of hydrogen-bond donors (Lipinski definition) is 0. The van der Waals surface area contributed by atoms with Crippen LogP contribution in [0.15, 0.2) is 36.5 Å². The van der Waals surface area contributed by atoms with Crippen LogP contribution in [0.3, 0.4) is 0 Å². The minimum absolute atomic E-state index is 0.807. The summed E-state index contributed by atoms with van der Waals surface area (Å²) in [6.45, 7) is 11.8. The summed E-state index contributed by atoms with van der Waals surface area (Å²) in [5.74, 6) is 0. The summed E-state index contributed by atoms with van der Waals surface area (Å²) < 4.78 is 0. The first-order valence-electron chi connectivity index (χ1n) is 6.56. The highest BCUT2D eigenvalue weighted by molar-refractivity contribution is 5.58. The predicted molar refractivity (Wildman–Crippen MR) is 83.8 cm³/mol. The Morgan fingerprint density at radius 2 is 1.84 bits per heavy atom. The minimum atomic E-state index is 0.807. The second-order valence-corrected chi connectivity index (χ2v) is 4.27. The van der Waals surface area contributed by atoms with Crippen molar-refractivity contribution < 1.29 is 0 Å². The van der Waals surface area contributed by atoms with Crippen molar-refractivity contribution in [2.45, 2.75) is 34.1 Å². The summed E-state index contributed by atoms with van der Waals surface area (Å²) in [4.78, 5) is 9.28. The van der Waals surface area contributed by atoms with E-state index in [1.807, 2.05) is 45.9 Å². The molecule has 1 aromatic rings. The van der Waals surface area contributed by atoms with E-state index in [0.29, 0.717) is 0 Å². The molecule has 0 unspecified atom stereocenters. The molecule has 0 atom stereocenters. The van der Waals surface area contributed by atoms with Crippen molar-refractivity contribution in [2.75, 3.05) is 0 Å². The number of nitrogens with zero attached hydrogens (tertiary/aromatic N) is 2. The molecule has 0 saturated heterocycles. The van der Waals surface area contributed by atoms with Crippen molar-refractivity contribution in [3.63, 3.8) is 0 Å². The summed E-state index contributed by atoms with van der Waals surface area (Å²) in [6, 6.07) is 0. The first kappa shape index (κ1) is 15.1. The molecule has 1 rings (SSSR count). The molecule has 1 aromatic heterocycles. The first-order chi connectivity index (χ1) is 9.15. The van der Waals surface area contributed by atoms with Gasteiger partial charge >= 0.3 is 0 Å². The van der Waals surface area contributed by atoms with Crippen molar-refractivity contribution in [1.82, 2.24) is 9.97 Å². The third-order valence-corrected chi connectivity index (χ3v) is 2.86. The number of aryl methyl sites for hydroxylation is 1. The number of aromatic nitrogens is 2. The van der Waals surface area contributed by atoms with Gasteiger partial charge in [-0.15, -0.1) is 0 Å². The second kappa shape index (κ2) is 7.47. The van der Waals surface area contributed by atoms with Gasteiger partial charge in [-0.2, -0.15) is 0 Å². The van der Waals surface area contributed by atoms with E-state index in [1.165, 1.54) is 5.57 Å². The van der Waals surface area contributed by atoms with Crippen LogP contribution in [-0.4, -0.2) is 9.97 Å². The van der Waals surface area contributed by atoms with Gasteiger partial charge in [-0.1, -0.05) is 30.9 Å². The lowest BCUT2D eigenvalue weighted by atomic mass is 10.1. The van der Waals surface area contributed by atoms with Crippen LogP contribution in [0.25, 0.3) is 12.2 Å². The highest BCUT2D eigenvalue weighted by atomic mass is 14.8. The van der Waals surface area contributed by atoms with Crippen molar-refractivity contribution >= 4 is 12.2 Å². The SMILES string of the molecule is C=Cc1nc(C)c(CC(/C=C\C)=C/C)nc1/C=C\C. The van der Waals surface area contributed by atoms with Gasteiger partial charge in [0.2, 0.25) is 0 Å². The Labute approximate surface area is 116 Å². The van der Waals surface area contributed by atoms with Gasteiger partial charge in [0.05, 0.1) is 22.8 Å². The molecule has 2 nitrogen and oxygen atoms in total. The third kappa shape index (κ3) is 4.02. The molecule has 0 spiro atoms. The predicted octanol–water partition coefficient (Wildman–Crippen LogP) is 4.53. The van der Waals surface area contributed by atoms with E-state index < -0.39 is 0 Å². The molecule has 100 valence electrons. The maximum Gasteiger partial charge on any atom is 0.0887 e. The van der Waals surface area contributed by atoms with E-state index in [1.54, 1.807) is 6.08 Å². The van der Waals surface area contributed by atoms with Crippen LogP contribution in [0, 0.1) is 6.92 Å². The van der Waals surface area contributed by atoms with Gasteiger partial charge in [0.25, 0.3) is 0 Å². The van der Waals surface area contributed by atoms with Crippen molar-refractivity contribution in [1.29, 1.82) is 0 Å². The van der Waals surface area contributed by atoms with Crippen molar-refractivity contribution in [3.8, 4) is 0 Å². The average Bonchev–Trinajstić information content (AvgIpc) is 2.41. The van der Waals surface area contributed by atoms with Crippen LogP contribution in [0.5, 0.6) is 0 Å². The number of hydrogen-bond acceptors (Lipinski definition) is 2. The first-order valence-corrected chi connectivity index (χ1v) is 6.56. The van der Waals surface area contributed by atoms with E-state index in [4.69, 9.17) is 4.98 Å². The average molecular weight is 254 g/mol. The number of allylic oxidation sites excluding steroid dienone is 5. The molecule has 0 saturated carbocycles. The summed E-state index contributed by atoms with van der Waals surface area (Å²) >= 11 is 0. The van der Waals surface area contributed by atoms with E-state index in [2.05, 4.69) is 23.7 Å². The Hall–Kier alpha value is -1.96. The molecule has 0 bridgehead atoms. The second-order valence-electron chi connectivity index (χ2n) is 4.27. The molecular formula is C17H22N2. The highest BCUT2D eigenvalue weighted by Crippen LogP contribution is 2.15. The Morgan fingerprint density at radius 1 is 1.11 bits per heavy atom. The monoisotopic (exact) mass is 254 g/mol. The topological polar surface area (TPSA) is 25.8 Å². The lowest BCUT2D eigenvalue weighted by molar-refractivity contribution is 0.965. The zero-order chi connectivity index (χ0) is 14.3. The van der Waals surface area contributed by atoms with Crippen LogP contribution < -0.4 is 0 Å². The fourth-order valence-corrected chi connectivity index (χ4v) is 1.85. The van der Waals surface area contributed by atoms with Crippen LogP contribution >= 0.6 is 0 Å². The van der Waals surface area contributed by atoms with Gasteiger partial charge in [-0.3, -0.25) is 0 Å². The van der Waals surface area contributed by atoms with Gasteiger partial charge in [-0.05, 0) is 45.4 Å². The molecule has 0 aromatic carbocycles. The molecule has 0 aliphatic rings. The zero-order valence-electron chi connectivity index (χ0n) is 12.3. The van der Waals surface area contributed by atoms with Gasteiger partial charge in [0, 0.05) is 6.42 Å². The largest absolute Gasteiger partial charge is 0.250 e. The normalized spacial score (nSPS) is 12.5. The van der Waals surface area contributed by atoms with Gasteiger partial charge < -0.3 is 0 Å². The fourth-order valence-electron chi connectivity index (χ4n) is 1.85. The van der Waals surface area contributed by atoms with Crippen LogP contribution in [0.2, 0.25) is 0 Å². The summed E-state index contributed by atoms with van der Waals surface area (Å²) in [7, 11) is 0. The molecule has 2 heteroatoms. The molecule has 0 N–H and O–H groups in total. The van der Waals surface area contributed by atoms with E-state index in [0.717, 1.165) is 29.2 Å². The summed E-state index contributed by atoms with van der Waals surface area (Å²) in [5, 5.41) is 0. The van der Waals surface area contributed by atoms with Crippen LogP contribution in [0.4, 0.5) is 0 Å². The van der Waals surface area contributed by atoms with Crippen molar-refractivity contribution in [2.24, 2.45) is 0 Å². The molecule has 0 aliphatic carbocycles. The van der Waals surface area contributed by atoms with Gasteiger partial charge in [0.15, 0.2) is 0 Å². The Balaban J connectivity index is 3.21. The standard InChI is InChI=1S/C17H22N2/c1-6-10-14(8-3)12-17-13(5)18-15(9-4)16(19-17)11-7-2/h6-11H,4,12H2,1-3,5H3/b10-6-,11-7-,14-8+. The lowest BCUT2D eigenvalue weighted by Gasteiger charge is -2.09. The molecule has 0 aliphatic heterocycles. The van der Waals surface area contributed by atoms with Crippen LogP contribution in [-0.2, 0) is 6.42 Å². The quantitative estimate of drug-likeness (QED) is 0.722. The minimum Gasteiger partial charge on any atom is -0.250 e. The molecular weight excluding hydrogens is 232 g/mol. The van der Waals surface area contributed by atoms with Crippen LogP contribution in [0.1, 0.15) is 43.5 Å². The molecule has 0 fully saturated rings. The summed E-state index contributed by atoms with van der Waals surface area (Å²) in [6.07, 6.45) is 12.8. The highest BCUT2D eigenvalue weighted by Gasteiger charge is 2.08. The zero-order valence-corrected chi connectivity index (χ0v) is 12.3. The third-order valence-electron chi connectivity index (χ3n) is 2.86. The molecule has 19 heavy (non-hydrogen) atoms. The van der Waals surface area contributed by atoms with E-state index in [-0.39, 0.29) is 0 Å². The van der Waals surface area contributed by atoms with Crippen molar-refractivity contribution in [3.05, 3.63) is 59.2 Å². The maximum absolute atomic E-state index is 4.71. The smallest absolute Gasteiger partial charge is 0.0887 e. The molecule has 1 heterocycles. The lowest BCUT2D eigenvalue weighted by Crippen LogP contribution is -2.03.